The lowest BCUT2D eigenvalue weighted by Crippen LogP contribution is -2.22. The lowest BCUT2D eigenvalue weighted by molar-refractivity contribution is 0.564. The molecule has 1 N–H and O–H groups in total. The van der Waals surface area contributed by atoms with Crippen molar-refractivity contribution in [3.63, 3.8) is 0 Å². The van der Waals surface area contributed by atoms with Crippen LogP contribution in [-0.2, 0) is 6.54 Å². The second-order valence-corrected chi connectivity index (χ2v) is 5.48. The third kappa shape index (κ3) is 2.64. The monoisotopic (exact) mass is 256 g/mol. The Labute approximate surface area is 103 Å². The maximum absolute atomic E-state index is 5.90. The van der Waals surface area contributed by atoms with E-state index in [2.05, 4.69) is 24.1 Å². The Balaban J connectivity index is 2.19. The predicted octanol–water partition coefficient (Wildman–Crippen LogP) is 3.55. The molecule has 0 spiro atoms. The highest BCUT2D eigenvalue weighted by atomic mass is 35.5. The average molecular weight is 257 g/mol. The van der Waals surface area contributed by atoms with Gasteiger partial charge < -0.3 is 9.73 Å². The number of nitrogens with one attached hydrogen (secondary N) is 1. The Bertz CT molecular complexity index is 464. The third-order valence-electron chi connectivity index (χ3n) is 2.12. The molecule has 0 saturated heterocycles. The van der Waals surface area contributed by atoms with Crippen molar-refractivity contribution in [3.8, 4) is 10.6 Å². The van der Waals surface area contributed by atoms with E-state index in [-0.39, 0.29) is 0 Å². The van der Waals surface area contributed by atoms with Crippen LogP contribution >= 0.6 is 22.9 Å². The molecule has 2 heterocycles. The Hall–Kier alpha value is -0.840. The number of aromatic nitrogens is 1. The van der Waals surface area contributed by atoms with Gasteiger partial charge in [0.1, 0.15) is 5.69 Å². The summed E-state index contributed by atoms with van der Waals surface area (Å²) in [6.07, 6.45) is 1.47. The highest BCUT2D eigenvalue weighted by Gasteiger charge is 2.12. The summed E-state index contributed by atoms with van der Waals surface area (Å²) >= 11 is 7.40. The summed E-state index contributed by atoms with van der Waals surface area (Å²) in [6.45, 7) is 4.91. The third-order valence-corrected chi connectivity index (χ3v) is 3.35. The lowest BCUT2D eigenvalue weighted by atomic mass is 10.3. The number of nitrogens with zero attached hydrogens (tertiary/aromatic N) is 1. The van der Waals surface area contributed by atoms with E-state index in [1.165, 1.54) is 17.7 Å². The van der Waals surface area contributed by atoms with Crippen LogP contribution in [0.15, 0.2) is 22.9 Å². The first-order valence-corrected chi connectivity index (χ1v) is 6.27. The molecule has 0 unspecified atom stereocenters. The largest absolute Gasteiger partial charge is 0.442 e. The predicted molar refractivity (Wildman–Crippen MR) is 66.8 cm³/mol. The van der Waals surface area contributed by atoms with Crippen LogP contribution in [0.4, 0.5) is 0 Å². The van der Waals surface area contributed by atoms with Crippen LogP contribution in [0, 0.1) is 0 Å². The van der Waals surface area contributed by atoms with E-state index < -0.39 is 0 Å². The number of oxazole rings is 1. The molecule has 0 fully saturated rings. The van der Waals surface area contributed by atoms with Crippen molar-refractivity contribution in [3.05, 3.63) is 28.6 Å². The molecule has 16 heavy (non-hydrogen) atoms. The van der Waals surface area contributed by atoms with Crippen LogP contribution in [0.1, 0.15) is 19.5 Å². The van der Waals surface area contributed by atoms with Crippen LogP contribution < -0.4 is 5.32 Å². The van der Waals surface area contributed by atoms with Gasteiger partial charge in [0.05, 0.1) is 9.21 Å². The zero-order chi connectivity index (χ0) is 11.5. The van der Waals surface area contributed by atoms with Gasteiger partial charge in [-0.15, -0.1) is 11.3 Å². The topological polar surface area (TPSA) is 38.1 Å². The maximum atomic E-state index is 5.90. The molecule has 0 atom stereocenters. The molecule has 2 aromatic rings. The zero-order valence-electron chi connectivity index (χ0n) is 9.16. The number of halogens is 1. The van der Waals surface area contributed by atoms with Crippen molar-refractivity contribution in [2.45, 2.75) is 26.4 Å². The Kier molecular flexibility index (Phi) is 3.63. The van der Waals surface area contributed by atoms with E-state index in [1.807, 2.05) is 12.1 Å². The molecule has 0 aliphatic rings. The standard InChI is InChI=1S/C11H13ClN2OS/c1-7(2)13-5-8-11(15-6-14-8)9-3-4-10(12)16-9/h3-4,6-7,13H,5H2,1-2H3. The number of hydrogen-bond donors (Lipinski definition) is 1. The fourth-order valence-corrected chi connectivity index (χ4v) is 2.39. The van der Waals surface area contributed by atoms with Crippen LogP contribution in [0.5, 0.6) is 0 Å². The van der Waals surface area contributed by atoms with Gasteiger partial charge in [-0.1, -0.05) is 25.4 Å². The van der Waals surface area contributed by atoms with Crippen molar-refractivity contribution in [1.29, 1.82) is 0 Å². The van der Waals surface area contributed by atoms with E-state index in [0.717, 1.165) is 20.7 Å². The van der Waals surface area contributed by atoms with Crippen molar-refractivity contribution in [1.82, 2.24) is 10.3 Å². The Morgan fingerprint density at radius 3 is 2.94 bits per heavy atom. The first-order valence-electron chi connectivity index (χ1n) is 5.08. The van der Waals surface area contributed by atoms with Gasteiger partial charge in [-0.3, -0.25) is 0 Å². The molecule has 0 saturated carbocycles. The van der Waals surface area contributed by atoms with Crippen LogP contribution in [0.3, 0.4) is 0 Å². The minimum absolute atomic E-state index is 0.427. The van der Waals surface area contributed by atoms with Gasteiger partial charge in [0, 0.05) is 12.6 Å². The molecule has 86 valence electrons. The smallest absolute Gasteiger partial charge is 0.181 e. The molecular weight excluding hydrogens is 244 g/mol. The second-order valence-electron chi connectivity index (χ2n) is 3.77. The summed E-state index contributed by atoms with van der Waals surface area (Å²) in [5.41, 5.74) is 0.923. The fraction of sp³-hybridized carbons (Fsp3) is 0.364. The molecule has 0 aliphatic heterocycles. The fourth-order valence-electron chi connectivity index (χ4n) is 1.33. The molecule has 0 bridgehead atoms. The second kappa shape index (κ2) is 4.99. The van der Waals surface area contributed by atoms with Gasteiger partial charge in [0.15, 0.2) is 12.2 Å². The molecule has 2 aromatic heterocycles. The van der Waals surface area contributed by atoms with E-state index in [4.69, 9.17) is 16.0 Å². The highest BCUT2D eigenvalue weighted by Crippen LogP contribution is 2.32. The van der Waals surface area contributed by atoms with Gasteiger partial charge >= 0.3 is 0 Å². The number of hydrogen-bond acceptors (Lipinski definition) is 4. The van der Waals surface area contributed by atoms with Crippen LogP contribution in [0.25, 0.3) is 10.6 Å². The van der Waals surface area contributed by atoms with Crippen LogP contribution in [0.2, 0.25) is 4.34 Å². The van der Waals surface area contributed by atoms with Gasteiger partial charge in [-0.05, 0) is 12.1 Å². The van der Waals surface area contributed by atoms with Crippen molar-refractivity contribution < 1.29 is 4.42 Å². The number of thiophene rings is 1. The first-order chi connectivity index (χ1) is 7.66. The summed E-state index contributed by atoms with van der Waals surface area (Å²) in [5, 5.41) is 3.31. The molecule has 0 aliphatic carbocycles. The number of rotatable bonds is 4. The van der Waals surface area contributed by atoms with Crippen LogP contribution in [-0.4, -0.2) is 11.0 Å². The van der Waals surface area contributed by atoms with Gasteiger partial charge in [-0.2, -0.15) is 0 Å². The highest BCUT2D eigenvalue weighted by molar-refractivity contribution is 7.19. The normalized spacial score (nSPS) is 11.2. The summed E-state index contributed by atoms with van der Waals surface area (Å²) in [7, 11) is 0. The van der Waals surface area contributed by atoms with Crippen molar-refractivity contribution in [2.24, 2.45) is 0 Å². The van der Waals surface area contributed by atoms with E-state index >= 15 is 0 Å². The molecule has 2 rings (SSSR count). The minimum Gasteiger partial charge on any atom is -0.442 e. The summed E-state index contributed by atoms with van der Waals surface area (Å²) < 4.78 is 6.16. The van der Waals surface area contributed by atoms with Crippen molar-refractivity contribution in [2.75, 3.05) is 0 Å². The summed E-state index contributed by atoms with van der Waals surface area (Å²) in [6, 6.07) is 4.24. The lowest BCUT2D eigenvalue weighted by Gasteiger charge is -2.05. The summed E-state index contributed by atoms with van der Waals surface area (Å²) in [4.78, 5) is 5.22. The van der Waals surface area contributed by atoms with E-state index in [9.17, 15) is 0 Å². The molecule has 0 radical (unpaired) electrons. The SMILES string of the molecule is CC(C)NCc1ncoc1-c1ccc(Cl)s1. The van der Waals surface area contributed by atoms with E-state index in [0.29, 0.717) is 12.6 Å². The van der Waals surface area contributed by atoms with Gasteiger partial charge in [0.2, 0.25) is 0 Å². The molecule has 0 aromatic carbocycles. The molecule has 5 heteroatoms. The quantitative estimate of drug-likeness (QED) is 0.909. The zero-order valence-corrected chi connectivity index (χ0v) is 10.7. The Morgan fingerprint density at radius 2 is 2.31 bits per heavy atom. The Morgan fingerprint density at radius 1 is 1.50 bits per heavy atom. The molecule has 0 amide bonds. The first kappa shape index (κ1) is 11.6. The average Bonchev–Trinajstić information content (AvgIpc) is 2.82. The van der Waals surface area contributed by atoms with Gasteiger partial charge in [-0.25, -0.2) is 4.98 Å². The summed E-state index contributed by atoms with van der Waals surface area (Å²) in [5.74, 6) is 0.810. The molecule has 3 nitrogen and oxygen atoms in total. The maximum Gasteiger partial charge on any atom is 0.181 e. The molecular formula is C11H13ClN2OS. The van der Waals surface area contributed by atoms with Gasteiger partial charge in [0.25, 0.3) is 0 Å². The van der Waals surface area contributed by atoms with Crippen molar-refractivity contribution >= 4 is 22.9 Å². The minimum atomic E-state index is 0.427. The van der Waals surface area contributed by atoms with E-state index in [1.54, 1.807) is 0 Å².